The number of nitrogens with zero attached hydrogens (tertiary/aromatic N) is 1. The molecule has 0 amide bonds. The van der Waals surface area contributed by atoms with E-state index in [0.29, 0.717) is 13.1 Å². The van der Waals surface area contributed by atoms with Crippen LogP contribution in [0.4, 0.5) is 0 Å². The first-order chi connectivity index (χ1) is 11.6. The van der Waals surface area contributed by atoms with Gasteiger partial charge in [-0.25, -0.2) is 0 Å². The summed E-state index contributed by atoms with van der Waals surface area (Å²) in [5, 5.41) is 30.5. The number of aliphatic hydroxyl groups is 3. The summed E-state index contributed by atoms with van der Waals surface area (Å²) < 4.78 is 0. The van der Waals surface area contributed by atoms with Gasteiger partial charge in [-0.3, -0.25) is 4.90 Å². The second-order valence-electron chi connectivity index (χ2n) is 6.22. The van der Waals surface area contributed by atoms with Crippen LogP contribution in [0.5, 0.6) is 0 Å². The van der Waals surface area contributed by atoms with Gasteiger partial charge in [0.2, 0.25) is 0 Å². The van der Waals surface area contributed by atoms with Crippen LogP contribution >= 0.6 is 0 Å². The lowest BCUT2D eigenvalue weighted by Crippen LogP contribution is -2.60. The molecule has 0 unspecified atom stereocenters. The quantitative estimate of drug-likeness (QED) is 0.800. The monoisotopic (exact) mass is 325 g/mol. The molecular weight excluding hydrogens is 302 g/mol. The Bertz CT molecular complexity index is 659. The van der Waals surface area contributed by atoms with Crippen LogP contribution in [0.15, 0.2) is 66.7 Å². The highest BCUT2D eigenvalue weighted by atomic mass is 16.4. The van der Waals surface area contributed by atoms with E-state index in [1.54, 1.807) is 0 Å². The lowest BCUT2D eigenvalue weighted by Gasteiger charge is -2.42. The molecule has 4 heteroatoms. The Hall–Kier alpha value is -1.98. The van der Waals surface area contributed by atoms with E-state index in [-0.39, 0.29) is 6.04 Å². The van der Waals surface area contributed by atoms with E-state index in [1.165, 1.54) is 0 Å². The van der Waals surface area contributed by atoms with Crippen molar-refractivity contribution in [3.8, 4) is 0 Å². The molecule has 1 aliphatic rings. The molecule has 1 saturated heterocycles. The van der Waals surface area contributed by atoms with Crippen LogP contribution in [-0.4, -0.2) is 51.1 Å². The van der Waals surface area contributed by atoms with E-state index in [0.717, 1.165) is 11.1 Å². The van der Waals surface area contributed by atoms with E-state index < -0.39 is 18.3 Å². The third kappa shape index (κ3) is 3.91. The normalized spacial score (nSPS) is 28.3. The van der Waals surface area contributed by atoms with Gasteiger partial charge in [0.15, 0.2) is 0 Å². The van der Waals surface area contributed by atoms with Crippen molar-refractivity contribution in [2.45, 2.75) is 30.9 Å². The van der Waals surface area contributed by atoms with Gasteiger partial charge in [0.25, 0.3) is 0 Å². The molecule has 3 rings (SSSR count). The van der Waals surface area contributed by atoms with Gasteiger partial charge in [-0.15, -0.1) is 0 Å². The summed E-state index contributed by atoms with van der Waals surface area (Å²) in [6, 6.07) is 19.4. The van der Waals surface area contributed by atoms with Gasteiger partial charge in [-0.2, -0.15) is 0 Å². The fraction of sp³-hybridized carbons (Fsp3) is 0.300. The van der Waals surface area contributed by atoms with E-state index in [9.17, 15) is 15.3 Å². The molecule has 4 nitrogen and oxygen atoms in total. The molecule has 126 valence electrons. The van der Waals surface area contributed by atoms with Crippen LogP contribution in [0.2, 0.25) is 0 Å². The molecule has 0 aliphatic carbocycles. The zero-order valence-corrected chi connectivity index (χ0v) is 13.4. The van der Waals surface area contributed by atoms with Gasteiger partial charge >= 0.3 is 0 Å². The molecule has 24 heavy (non-hydrogen) atoms. The Balaban J connectivity index is 1.81. The van der Waals surface area contributed by atoms with Gasteiger partial charge in [-0.1, -0.05) is 72.8 Å². The largest absolute Gasteiger partial charge is 0.389 e. The highest BCUT2D eigenvalue weighted by Crippen LogP contribution is 2.23. The summed E-state index contributed by atoms with van der Waals surface area (Å²) in [6.07, 6.45) is 0.721. The van der Waals surface area contributed by atoms with Crippen LogP contribution in [0.25, 0.3) is 6.08 Å². The van der Waals surface area contributed by atoms with Crippen molar-refractivity contribution >= 4 is 6.08 Å². The van der Waals surface area contributed by atoms with Crippen molar-refractivity contribution in [3.63, 3.8) is 0 Å². The Kier molecular flexibility index (Phi) is 5.43. The molecule has 1 heterocycles. The van der Waals surface area contributed by atoms with Crippen molar-refractivity contribution < 1.29 is 15.3 Å². The average molecular weight is 325 g/mol. The SMILES string of the molecule is O[C@@H]1[C@@H](O)[C@H](C=Cc2ccccc2)N(Cc2ccccc2)C[C@H]1O. The lowest BCUT2D eigenvalue weighted by molar-refractivity contribution is -0.128. The van der Waals surface area contributed by atoms with E-state index in [1.807, 2.05) is 77.7 Å². The predicted octanol–water partition coefficient (Wildman–Crippen LogP) is 1.67. The van der Waals surface area contributed by atoms with Gasteiger partial charge in [0, 0.05) is 13.1 Å². The van der Waals surface area contributed by atoms with Crippen LogP contribution in [0.3, 0.4) is 0 Å². The number of aliphatic hydroxyl groups excluding tert-OH is 3. The highest BCUT2D eigenvalue weighted by Gasteiger charge is 2.39. The molecule has 4 atom stereocenters. The van der Waals surface area contributed by atoms with Crippen LogP contribution in [0, 0.1) is 0 Å². The van der Waals surface area contributed by atoms with Crippen LogP contribution < -0.4 is 0 Å². The predicted molar refractivity (Wildman–Crippen MR) is 94.1 cm³/mol. The van der Waals surface area contributed by atoms with Crippen LogP contribution in [0.1, 0.15) is 11.1 Å². The maximum Gasteiger partial charge on any atom is 0.109 e. The molecule has 0 bridgehead atoms. The van der Waals surface area contributed by atoms with E-state index in [2.05, 4.69) is 0 Å². The number of piperidine rings is 1. The maximum atomic E-state index is 10.4. The fourth-order valence-corrected chi connectivity index (χ4v) is 3.11. The first-order valence-electron chi connectivity index (χ1n) is 8.20. The molecule has 1 aliphatic heterocycles. The third-order valence-corrected chi connectivity index (χ3v) is 4.45. The Morgan fingerprint density at radius 1 is 0.875 bits per heavy atom. The van der Waals surface area contributed by atoms with Crippen molar-refractivity contribution in [2.24, 2.45) is 0 Å². The molecule has 0 spiro atoms. The number of β-amino-alcohol motifs (C(OH)–C–C–N with tert-alkyl or cyclic N) is 1. The van der Waals surface area contributed by atoms with Crippen molar-refractivity contribution in [1.29, 1.82) is 0 Å². The van der Waals surface area contributed by atoms with Gasteiger partial charge in [0.05, 0.1) is 12.1 Å². The van der Waals surface area contributed by atoms with Gasteiger partial charge < -0.3 is 15.3 Å². The summed E-state index contributed by atoms with van der Waals surface area (Å²) >= 11 is 0. The Labute approximate surface area is 142 Å². The number of rotatable bonds is 4. The molecule has 3 N–H and O–H groups in total. The lowest BCUT2D eigenvalue weighted by atomic mass is 9.92. The molecule has 2 aromatic carbocycles. The van der Waals surface area contributed by atoms with E-state index >= 15 is 0 Å². The zero-order chi connectivity index (χ0) is 16.9. The second kappa shape index (κ2) is 7.73. The smallest absolute Gasteiger partial charge is 0.109 e. The number of hydrogen-bond donors (Lipinski definition) is 3. The average Bonchev–Trinajstić information content (AvgIpc) is 2.61. The van der Waals surface area contributed by atoms with E-state index in [4.69, 9.17) is 0 Å². The molecule has 2 aromatic rings. The Morgan fingerprint density at radius 2 is 1.50 bits per heavy atom. The molecule has 1 fully saturated rings. The summed E-state index contributed by atoms with van der Waals surface area (Å²) in [4.78, 5) is 2.00. The third-order valence-electron chi connectivity index (χ3n) is 4.45. The first-order valence-corrected chi connectivity index (χ1v) is 8.20. The highest BCUT2D eigenvalue weighted by molar-refractivity contribution is 5.49. The van der Waals surface area contributed by atoms with Gasteiger partial charge in [-0.05, 0) is 11.1 Å². The topological polar surface area (TPSA) is 63.9 Å². The minimum absolute atomic E-state index is 0.316. The first kappa shape index (κ1) is 16.9. The molecule has 0 radical (unpaired) electrons. The standard InChI is InChI=1S/C20H23NO3/c22-18-14-21(13-16-9-5-2-6-10-16)17(19(23)20(18)24)12-11-15-7-3-1-4-8-15/h1-12,17-20,22-24H,13-14H2/t17-,18+,19-,20-/m0/s1. The maximum absolute atomic E-state index is 10.4. The van der Waals surface area contributed by atoms with Crippen molar-refractivity contribution in [1.82, 2.24) is 4.90 Å². The van der Waals surface area contributed by atoms with Crippen LogP contribution in [-0.2, 0) is 6.54 Å². The summed E-state index contributed by atoms with van der Waals surface area (Å²) in [6.45, 7) is 0.919. The number of hydrogen-bond acceptors (Lipinski definition) is 4. The zero-order valence-electron chi connectivity index (χ0n) is 13.4. The number of likely N-dealkylation sites (tertiary alicyclic amines) is 1. The second-order valence-corrected chi connectivity index (χ2v) is 6.22. The summed E-state index contributed by atoms with van der Waals surface area (Å²) in [7, 11) is 0. The van der Waals surface area contributed by atoms with Crippen molar-refractivity contribution in [2.75, 3.05) is 6.54 Å². The summed E-state index contributed by atoms with van der Waals surface area (Å²) in [5.74, 6) is 0. The fourth-order valence-electron chi connectivity index (χ4n) is 3.11. The molecule has 0 aromatic heterocycles. The van der Waals surface area contributed by atoms with Crippen molar-refractivity contribution in [3.05, 3.63) is 77.9 Å². The molecular formula is C20H23NO3. The molecule has 0 saturated carbocycles. The Morgan fingerprint density at radius 3 is 2.17 bits per heavy atom. The minimum atomic E-state index is -1.14. The van der Waals surface area contributed by atoms with Gasteiger partial charge in [0.1, 0.15) is 12.2 Å². The number of benzene rings is 2. The minimum Gasteiger partial charge on any atom is -0.389 e. The summed E-state index contributed by atoms with van der Waals surface area (Å²) in [5.41, 5.74) is 2.14.